The number of hydrogen-bond donors (Lipinski definition) is 0. The molecule has 23 heavy (non-hydrogen) atoms. The average Bonchev–Trinajstić information content (AvgIpc) is 3.15. The van der Waals surface area contributed by atoms with Crippen molar-refractivity contribution in [1.82, 2.24) is 15.0 Å². The quantitative estimate of drug-likeness (QED) is 0.866. The molecule has 0 saturated carbocycles. The Morgan fingerprint density at radius 3 is 2.74 bits per heavy atom. The highest BCUT2D eigenvalue weighted by atomic mass is 16.5. The zero-order valence-corrected chi connectivity index (χ0v) is 13.7. The molecule has 1 aliphatic rings. The topological polar surface area (TPSA) is 68.5 Å². The van der Waals surface area contributed by atoms with Crippen LogP contribution in [-0.4, -0.2) is 40.6 Å². The number of likely N-dealkylation sites (tertiary alicyclic amines) is 1. The third-order valence-corrected chi connectivity index (χ3v) is 4.18. The van der Waals surface area contributed by atoms with E-state index in [9.17, 15) is 4.79 Å². The Morgan fingerprint density at radius 2 is 2.09 bits per heavy atom. The number of para-hydroxylation sites is 1. The summed E-state index contributed by atoms with van der Waals surface area (Å²) in [6, 6.07) is 5.95. The third-order valence-electron chi connectivity index (χ3n) is 4.18. The largest absolute Gasteiger partial charge is 0.483 e. The molecule has 1 amide bonds. The maximum absolute atomic E-state index is 12.4. The van der Waals surface area contributed by atoms with Gasteiger partial charge in [-0.3, -0.25) is 4.79 Å². The Kier molecular flexibility index (Phi) is 4.32. The Morgan fingerprint density at radius 1 is 1.35 bits per heavy atom. The summed E-state index contributed by atoms with van der Waals surface area (Å²) in [5.41, 5.74) is 2.08. The summed E-state index contributed by atoms with van der Waals surface area (Å²) in [7, 11) is 0. The smallest absolute Gasteiger partial charge is 0.260 e. The highest BCUT2D eigenvalue weighted by molar-refractivity contribution is 5.78. The van der Waals surface area contributed by atoms with E-state index in [4.69, 9.17) is 9.26 Å². The van der Waals surface area contributed by atoms with E-state index in [1.165, 1.54) is 0 Å². The maximum Gasteiger partial charge on any atom is 0.260 e. The van der Waals surface area contributed by atoms with E-state index in [1.54, 1.807) is 11.8 Å². The molecule has 122 valence electrons. The molecule has 0 N–H and O–H groups in total. The fraction of sp³-hybridized carbons (Fsp3) is 0.471. The number of rotatable bonds is 4. The van der Waals surface area contributed by atoms with E-state index in [0.29, 0.717) is 24.8 Å². The van der Waals surface area contributed by atoms with Gasteiger partial charge in [0, 0.05) is 13.1 Å². The van der Waals surface area contributed by atoms with Crippen molar-refractivity contribution in [3.63, 3.8) is 0 Å². The van der Waals surface area contributed by atoms with Gasteiger partial charge in [-0.15, -0.1) is 0 Å². The third kappa shape index (κ3) is 3.36. The summed E-state index contributed by atoms with van der Waals surface area (Å²) in [5.74, 6) is 2.16. The van der Waals surface area contributed by atoms with Gasteiger partial charge in [0.2, 0.25) is 5.89 Å². The number of ether oxygens (including phenoxy) is 1. The van der Waals surface area contributed by atoms with Gasteiger partial charge in [0.15, 0.2) is 12.4 Å². The van der Waals surface area contributed by atoms with Crippen LogP contribution < -0.4 is 4.74 Å². The van der Waals surface area contributed by atoms with Gasteiger partial charge in [-0.25, -0.2) is 0 Å². The Labute approximate surface area is 135 Å². The molecule has 0 aliphatic carbocycles. The number of aryl methyl sites for hydroxylation is 3. The minimum Gasteiger partial charge on any atom is -0.483 e. The summed E-state index contributed by atoms with van der Waals surface area (Å²) < 4.78 is 11.0. The lowest BCUT2D eigenvalue weighted by molar-refractivity contribution is -0.132. The Bertz CT molecular complexity index is 691. The average molecular weight is 315 g/mol. The van der Waals surface area contributed by atoms with Crippen LogP contribution in [0.15, 0.2) is 22.7 Å². The standard InChI is InChI=1S/C17H21N3O3/c1-11-5-4-6-12(2)16(11)22-10-15(21)20-8-7-14(9-20)17-18-13(3)19-23-17/h4-6,14H,7-10H2,1-3H3/t14-/m0/s1. The second kappa shape index (κ2) is 6.40. The number of hydrogen-bond acceptors (Lipinski definition) is 5. The minimum atomic E-state index is -0.00797. The second-order valence-corrected chi connectivity index (χ2v) is 6.01. The lowest BCUT2D eigenvalue weighted by Crippen LogP contribution is -2.33. The number of nitrogens with zero attached hydrogens (tertiary/aromatic N) is 3. The van der Waals surface area contributed by atoms with Gasteiger partial charge >= 0.3 is 0 Å². The highest BCUT2D eigenvalue weighted by Gasteiger charge is 2.31. The van der Waals surface area contributed by atoms with Crippen molar-refractivity contribution in [3.05, 3.63) is 41.0 Å². The first-order valence-electron chi connectivity index (χ1n) is 7.81. The zero-order chi connectivity index (χ0) is 16.4. The van der Waals surface area contributed by atoms with Gasteiger partial charge in [-0.2, -0.15) is 4.98 Å². The van der Waals surface area contributed by atoms with Gasteiger partial charge in [-0.1, -0.05) is 23.4 Å². The zero-order valence-electron chi connectivity index (χ0n) is 13.7. The van der Waals surface area contributed by atoms with E-state index in [0.717, 1.165) is 23.3 Å². The van der Waals surface area contributed by atoms with Crippen molar-refractivity contribution in [2.75, 3.05) is 19.7 Å². The molecule has 1 aromatic carbocycles. The van der Waals surface area contributed by atoms with Crippen LogP contribution in [0, 0.1) is 20.8 Å². The van der Waals surface area contributed by atoms with Crippen molar-refractivity contribution < 1.29 is 14.1 Å². The number of benzene rings is 1. The molecule has 1 saturated heterocycles. The van der Waals surface area contributed by atoms with E-state index in [-0.39, 0.29) is 18.4 Å². The molecule has 1 atom stereocenters. The van der Waals surface area contributed by atoms with Crippen molar-refractivity contribution in [3.8, 4) is 5.75 Å². The molecule has 0 bridgehead atoms. The first-order valence-corrected chi connectivity index (χ1v) is 7.81. The highest BCUT2D eigenvalue weighted by Crippen LogP contribution is 2.26. The molecule has 6 nitrogen and oxygen atoms in total. The summed E-state index contributed by atoms with van der Waals surface area (Å²) in [6.07, 6.45) is 0.844. The second-order valence-electron chi connectivity index (χ2n) is 6.01. The SMILES string of the molecule is Cc1noc([C@H]2CCN(C(=O)COc3c(C)cccc3C)C2)n1. The van der Waals surface area contributed by atoms with Gasteiger partial charge in [0.1, 0.15) is 5.75 Å². The molecule has 6 heteroatoms. The molecule has 1 aromatic heterocycles. The van der Waals surface area contributed by atoms with Crippen molar-refractivity contribution in [1.29, 1.82) is 0 Å². The molecule has 1 fully saturated rings. The molecule has 2 aromatic rings. The van der Waals surface area contributed by atoms with Crippen molar-refractivity contribution in [2.24, 2.45) is 0 Å². The molecular weight excluding hydrogens is 294 g/mol. The predicted molar refractivity (Wildman–Crippen MR) is 84.4 cm³/mol. The van der Waals surface area contributed by atoms with Crippen LogP contribution in [0.25, 0.3) is 0 Å². The first-order chi connectivity index (χ1) is 11.0. The van der Waals surface area contributed by atoms with Crippen LogP contribution in [-0.2, 0) is 4.79 Å². The van der Waals surface area contributed by atoms with E-state index in [1.807, 2.05) is 32.0 Å². The van der Waals surface area contributed by atoms with Crippen LogP contribution in [0.4, 0.5) is 0 Å². The summed E-state index contributed by atoms with van der Waals surface area (Å²) in [6.45, 7) is 7.12. The fourth-order valence-corrected chi connectivity index (χ4v) is 2.92. The normalized spacial score (nSPS) is 17.5. The lowest BCUT2D eigenvalue weighted by Gasteiger charge is -2.17. The molecule has 3 rings (SSSR count). The lowest BCUT2D eigenvalue weighted by atomic mass is 10.1. The van der Waals surface area contributed by atoms with Crippen LogP contribution in [0.5, 0.6) is 5.75 Å². The Hall–Kier alpha value is -2.37. The fourth-order valence-electron chi connectivity index (χ4n) is 2.92. The van der Waals surface area contributed by atoms with Gasteiger partial charge in [0.25, 0.3) is 5.91 Å². The van der Waals surface area contributed by atoms with Crippen LogP contribution in [0.1, 0.15) is 35.2 Å². The molecule has 2 heterocycles. The summed E-state index contributed by atoms with van der Waals surface area (Å²) in [4.78, 5) is 18.4. The molecular formula is C17H21N3O3. The first kappa shape index (κ1) is 15.5. The maximum atomic E-state index is 12.4. The summed E-state index contributed by atoms with van der Waals surface area (Å²) in [5, 5.41) is 3.81. The van der Waals surface area contributed by atoms with Crippen LogP contribution >= 0.6 is 0 Å². The van der Waals surface area contributed by atoms with E-state index >= 15 is 0 Å². The number of aromatic nitrogens is 2. The molecule has 1 aliphatic heterocycles. The van der Waals surface area contributed by atoms with E-state index < -0.39 is 0 Å². The molecule has 0 radical (unpaired) electrons. The number of carbonyl (C=O) groups excluding carboxylic acids is 1. The number of amides is 1. The van der Waals surface area contributed by atoms with Gasteiger partial charge < -0.3 is 14.2 Å². The molecule has 0 unspecified atom stereocenters. The van der Waals surface area contributed by atoms with Gasteiger partial charge in [0.05, 0.1) is 5.92 Å². The summed E-state index contributed by atoms with van der Waals surface area (Å²) >= 11 is 0. The van der Waals surface area contributed by atoms with Gasteiger partial charge in [-0.05, 0) is 38.3 Å². The number of carbonyl (C=O) groups is 1. The van der Waals surface area contributed by atoms with Crippen molar-refractivity contribution >= 4 is 5.91 Å². The molecule has 0 spiro atoms. The van der Waals surface area contributed by atoms with E-state index in [2.05, 4.69) is 10.1 Å². The predicted octanol–water partition coefficient (Wildman–Crippen LogP) is 2.39. The monoisotopic (exact) mass is 315 g/mol. The van der Waals surface area contributed by atoms with Crippen LogP contribution in [0.2, 0.25) is 0 Å². The minimum absolute atomic E-state index is 0.00797. The van der Waals surface area contributed by atoms with Crippen molar-refractivity contribution in [2.45, 2.75) is 33.1 Å². The van der Waals surface area contributed by atoms with Crippen LogP contribution in [0.3, 0.4) is 0 Å². The Balaban J connectivity index is 1.57.